The molecule has 6 heteroatoms. The summed E-state index contributed by atoms with van der Waals surface area (Å²) >= 11 is 2.18. The predicted molar refractivity (Wildman–Crippen MR) is 75.9 cm³/mol. The van der Waals surface area contributed by atoms with Crippen molar-refractivity contribution < 1.29 is 14.3 Å². The van der Waals surface area contributed by atoms with Crippen molar-refractivity contribution in [3.8, 4) is 0 Å². The number of benzene rings is 1. The summed E-state index contributed by atoms with van der Waals surface area (Å²) in [5, 5.41) is 2.54. The monoisotopic (exact) mass is 362 g/mol. The standard InChI is InChI=1S/C12H15IN2O3/c1-18-7-11(16)15-10(12(14)17)6-8-3-2-4-9(13)5-8/h2-5,10H,6-7H2,1H3,(H2,14,17)(H,15,16)/t10-/m1/s1. The molecule has 0 spiro atoms. The average molecular weight is 362 g/mol. The van der Waals surface area contributed by atoms with Crippen LogP contribution in [0.4, 0.5) is 0 Å². The lowest BCUT2D eigenvalue weighted by molar-refractivity contribution is -0.129. The van der Waals surface area contributed by atoms with Gasteiger partial charge in [0.25, 0.3) is 0 Å². The Labute approximate surface area is 119 Å². The first kappa shape index (κ1) is 14.9. The number of methoxy groups -OCH3 is 1. The van der Waals surface area contributed by atoms with E-state index < -0.39 is 11.9 Å². The van der Waals surface area contributed by atoms with E-state index in [4.69, 9.17) is 5.73 Å². The van der Waals surface area contributed by atoms with Gasteiger partial charge in [-0.1, -0.05) is 12.1 Å². The summed E-state index contributed by atoms with van der Waals surface area (Å²) in [5.74, 6) is -0.912. The lowest BCUT2D eigenvalue weighted by Gasteiger charge is -2.15. The molecule has 0 heterocycles. The number of hydrogen-bond donors (Lipinski definition) is 2. The van der Waals surface area contributed by atoms with Gasteiger partial charge in [-0.25, -0.2) is 0 Å². The average Bonchev–Trinajstić information content (AvgIpc) is 2.28. The third kappa shape index (κ3) is 5.01. The smallest absolute Gasteiger partial charge is 0.246 e. The van der Waals surface area contributed by atoms with Gasteiger partial charge in [0.15, 0.2) is 0 Å². The fourth-order valence-electron chi connectivity index (χ4n) is 1.49. The molecule has 18 heavy (non-hydrogen) atoms. The Morgan fingerprint density at radius 2 is 2.22 bits per heavy atom. The van der Waals surface area contributed by atoms with Crippen LogP contribution in [0.25, 0.3) is 0 Å². The van der Waals surface area contributed by atoms with Crippen LogP contribution in [0.2, 0.25) is 0 Å². The van der Waals surface area contributed by atoms with Gasteiger partial charge in [-0.2, -0.15) is 0 Å². The third-order valence-corrected chi connectivity index (χ3v) is 2.95. The summed E-state index contributed by atoms with van der Waals surface area (Å²) in [6.07, 6.45) is 0.377. The van der Waals surface area contributed by atoms with Crippen molar-refractivity contribution in [3.63, 3.8) is 0 Å². The molecule has 0 unspecified atom stereocenters. The molecule has 0 saturated heterocycles. The Hall–Kier alpha value is -1.15. The summed E-state index contributed by atoms with van der Waals surface area (Å²) in [5.41, 5.74) is 6.22. The van der Waals surface area contributed by atoms with Crippen LogP contribution in [0.5, 0.6) is 0 Å². The Morgan fingerprint density at radius 1 is 1.50 bits per heavy atom. The highest BCUT2D eigenvalue weighted by Gasteiger charge is 2.18. The van der Waals surface area contributed by atoms with E-state index in [0.29, 0.717) is 6.42 Å². The molecular weight excluding hydrogens is 347 g/mol. The van der Waals surface area contributed by atoms with Crippen LogP contribution in [-0.4, -0.2) is 31.6 Å². The molecule has 0 fully saturated rings. The SMILES string of the molecule is COCC(=O)N[C@H](Cc1cccc(I)c1)C(N)=O. The quantitative estimate of drug-likeness (QED) is 0.721. The van der Waals surface area contributed by atoms with E-state index in [1.54, 1.807) is 0 Å². The van der Waals surface area contributed by atoms with Gasteiger partial charge >= 0.3 is 0 Å². The second-order valence-electron chi connectivity index (χ2n) is 3.79. The van der Waals surface area contributed by atoms with E-state index in [1.165, 1.54) is 7.11 Å². The number of primary amides is 1. The molecule has 1 atom stereocenters. The third-order valence-electron chi connectivity index (χ3n) is 2.28. The maximum Gasteiger partial charge on any atom is 0.246 e. The fourth-order valence-corrected chi connectivity index (χ4v) is 2.10. The molecule has 1 aromatic carbocycles. The molecule has 0 aliphatic carbocycles. The second-order valence-corrected chi connectivity index (χ2v) is 5.04. The van der Waals surface area contributed by atoms with Crippen LogP contribution in [0, 0.1) is 3.57 Å². The highest BCUT2D eigenvalue weighted by molar-refractivity contribution is 14.1. The van der Waals surface area contributed by atoms with Crippen molar-refractivity contribution in [2.75, 3.05) is 13.7 Å². The van der Waals surface area contributed by atoms with Crippen LogP contribution < -0.4 is 11.1 Å². The van der Waals surface area contributed by atoms with E-state index >= 15 is 0 Å². The van der Waals surface area contributed by atoms with Gasteiger partial charge in [0.1, 0.15) is 12.6 Å². The Kier molecular flexibility index (Phi) is 6.06. The number of carbonyl (C=O) groups is 2. The Morgan fingerprint density at radius 3 is 2.78 bits per heavy atom. The summed E-state index contributed by atoms with van der Waals surface area (Å²) < 4.78 is 5.75. The van der Waals surface area contributed by atoms with E-state index in [-0.39, 0.29) is 12.5 Å². The number of carbonyl (C=O) groups excluding carboxylic acids is 2. The molecule has 0 aliphatic rings. The minimum absolute atomic E-state index is 0.0872. The number of hydrogen-bond acceptors (Lipinski definition) is 3. The molecule has 5 nitrogen and oxygen atoms in total. The normalized spacial score (nSPS) is 11.9. The minimum Gasteiger partial charge on any atom is -0.375 e. The van der Waals surface area contributed by atoms with Crippen molar-refractivity contribution in [1.82, 2.24) is 5.32 Å². The zero-order chi connectivity index (χ0) is 13.5. The van der Waals surface area contributed by atoms with E-state index in [1.807, 2.05) is 24.3 Å². The maximum absolute atomic E-state index is 11.4. The number of rotatable bonds is 6. The molecule has 0 aliphatic heterocycles. The molecule has 98 valence electrons. The van der Waals surface area contributed by atoms with Gasteiger partial charge in [0.05, 0.1) is 0 Å². The van der Waals surface area contributed by atoms with Crippen LogP contribution in [0.1, 0.15) is 5.56 Å². The molecule has 0 aromatic heterocycles. The van der Waals surface area contributed by atoms with Gasteiger partial charge in [-0.15, -0.1) is 0 Å². The number of amides is 2. The van der Waals surface area contributed by atoms with Crippen molar-refractivity contribution in [3.05, 3.63) is 33.4 Å². The Bertz CT molecular complexity index is 437. The molecule has 3 N–H and O–H groups in total. The van der Waals surface area contributed by atoms with Gasteiger partial charge in [0.2, 0.25) is 11.8 Å². The minimum atomic E-state index is -0.717. The van der Waals surface area contributed by atoms with Crippen LogP contribution >= 0.6 is 22.6 Å². The highest BCUT2D eigenvalue weighted by Crippen LogP contribution is 2.09. The largest absolute Gasteiger partial charge is 0.375 e. The number of halogens is 1. The number of nitrogens with one attached hydrogen (secondary N) is 1. The summed E-state index contributed by atoms with van der Waals surface area (Å²) in [6, 6.07) is 6.96. The predicted octanol–water partition coefficient (Wildman–Crippen LogP) is 0.450. The fraction of sp³-hybridized carbons (Fsp3) is 0.333. The molecule has 0 radical (unpaired) electrons. The summed E-state index contributed by atoms with van der Waals surface area (Å²) in [4.78, 5) is 22.7. The topological polar surface area (TPSA) is 81.4 Å². The molecule has 1 aromatic rings. The lowest BCUT2D eigenvalue weighted by atomic mass is 10.1. The second kappa shape index (κ2) is 7.32. The first-order valence-corrected chi connectivity index (χ1v) is 6.43. The van der Waals surface area contributed by atoms with Crippen LogP contribution in [0.15, 0.2) is 24.3 Å². The highest BCUT2D eigenvalue weighted by atomic mass is 127. The van der Waals surface area contributed by atoms with E-state index in [2.05, 4.69) is 32.6 Å². The van der Waals surface area contributed by atoms with E-state index in [0.717, 1.165) is 9.13 Å². The van der Waals surface area contributed by atoms with Gasteiger partial charge in [-0.3, -0.25) is 9.59 Å². The van der Waals surface area contributed by atoms with Crippen molar-refractivity contribution in [2.24, 2.45) is 5.73 Å². The number of ether oxygens (including phenoxy) is 1. The molecule has 0 bridgehead atoms. The van der Waals surface area contributed by atoms with Gasteiger partial charge in [0, 0.05) is 17.1 Å². The summed E-state index contributed by atoms with van der Waals surface area (Å²) in [7, 11) is 1.42. The van der Waals surface area contributed by atoms with Crippen molar-refractivity contribution >= 4 is 34.4 Å². The van der Waals surface area contributed by atoms with Gasteiger partial charge in [-0.05, 0) is 40.3 Å². The van der Waals surface area contributed by atoms with Crippen LogP contribution in [0.3, 0.4) is 0 Å². The first-order valence-electron chi connectivity index (χ1n) is 5.35. The van der Waals surface area contributed by atoms with E-state index in [9.17, 15) is 9.59 Å². The lowest BCUT2D eigenvalue weighted by Crippen LogP contribution is -2.47. The summed E-state index contributed by atoms with van der Waals surface area (Å²) in [6.45, 7) is -0.0872. The van der Waals surface area contributed by atoms with Gasteiger partial charge < -0.3 is 15.8 Å². The molecule has 0 saturated carbocycles. The molecule has 2 amide bonds. The molecule has 1 rings (SSSR count). The van der Waals surface area contributed by atoms with Crippen molar-refractivity contribution in [2.45, 2.75) is 12.5 Å². The molecular formula is C12H15IN2O3. The number of nitrogens with two attached hydrogens (primary N) is 1. The zero-order valence-corrected chi connectivity index (χ0v) is 12.1. The maximum atomic E-state index is 11.4. The first-order chi connectivity index (χ1) is 8.52. The van der Waals surface area contributed by atoms with Crippen LogP contribution in [-0.2, 0) is 20.7 Å². The van der Waals surface area contributed by atoms with Crippen molar-refractivity contribution in [1.29, 1.82) is 0 Å². The Balaban J connectivity index is 2.69. The zero-order valence-electron chi connectivity index (χ0n) is 9.98.